The van der Waals surface area contributed by atoms with E-state index in [9.17, 15) is 13.2 Å². The molecule has 0 spiro atoms. The molecule has 0 radical (unpaired) electrons. The van der Waals surface area contributed by atoms with Crippen molar-refractivity contribution in [2.24, 2.45) is 4.99 Å². The molecule has 2 atom stereocenters. The fourth-order valence-corrected chi connectivity index (χ4v) is 7.19. The molecule has 8 nitrogen and oxygen atoms in total. The van der Waals surface area contributed by atoms with E-state index < -0.39 is 9.84 Å². The number of carbonyl (C=O) groups is 1. The van der Waals surface area contributed by atoms with Crippen LogP contribution in [-0.4, -0.2) is 56.5 Å². The van der Waals surface area contributed by atoms with Gasteiger partial charge in [-0.25, -0.2) is 8.42 Å². The molecule has 0 aromatic heterocycles. The van der Waals surface area contributed by atoms with Crippen molar-refractivity contribution in [3.8, 4) is 11.5 Å². The Hall–Kier alpha value is -2.72. The number of aliphatic imine (C=N–C) groups is 1. The van der Waals surface area contributed by atoms with Gasteiger partial charge in [-0.15, -0.1) is 0 Å². The normalized spacial score (nSPS) is 21.2. The molecule has 0 bridgehead atoms. The molecule has 2 unspecified atom stereocenters. The Balaban J connectivity index is 1.50. The molecule has 2 aliphatic rings. The van der Waals surface area contributed by atoms with Crippen LogP contribution in [0.4, 0.5) is 11.4 Å². The lowest BCUT2D eigenvalue weighted by Gasteiger charge is -2.14. The van der Waals surface area contributed by atoms with E-state index in [-0.39, 0.29) is 28.7 Å². The van der Waals surface area contributed by atoms with E-state index in [1.165, 1.54) is 18.9 Å². The number of aryl methyl sites for hydroxylation is 1. The van der Waals surface area contributed by atoms with Crippen molar-refractivity contribution < 1.29 is 22.7 Å². The van der Waals surface area contributed by atoms with Crippen LogP contribution in [0.15, 0.2) is 41.4 Å². The van der Waals surface area contributed by atoms with Crippen LogP contribution in [0.2, 0.25) is 0 Å². The summed E-state index contributed by atoms with van der Waals surface area (Å²) in [7, 11) is 0.0944. The SMILES string of the molecule is COc1ccc(NC(=O)c2ccc(C)c(NC3=NC4CS(=O)(=O)CC4S3)c2)c(OC)c1. The van der Waals surface area contributed by atoms with Crippen LogP contribution < -0.4 is 20.1 Å². The Morgan fingerprint density at radius 2 is 1.90 bits per heavy atom. The molecule has 4 rings (SSSR count). The Morgan fingerprint density at radius 1 is 1.10 bits per heavy atom. The van der Waals surface area contributed by atoms with Crippen LogP contribution in [0.3, 0.4) is 0 Å². The maximum absolute atomic E-state index is 12.8. The van der Waals surface area contributed by atoms with Crippen LogP contribution in [0.5, 0.6) is 11.5 Å². The number of anilines is 2. The van der Waals surface area contributed by atoms with Crippen molar-refractivity contribution in [2.45, 2.75) is 18.2 Å². The highest BCUT2D eigenvalue weighted by atomic mass is 32.2. The predicted molar refractivity (Wildman–Crippen MR) is 124 cm³/mol. The van der Waals surface area contributed by atoms with Crippen LogP contribution in [0.25, 0.3) is 0 Å². The zero-order chi connectivity index (χ0) is 22.2. The molecular weight excluding hydrogens is 438 g/mol. The van der Waals surface area contributed by atoms with Gasteiger partial charge in [0, 0.05) is 22.6 Å². The summed E-state index contributed by atoms with van der Waals surface area (Å²) in [5, 5.41) is 6.76. The molecule has 2 aromatic carbocycles. The zero-order valence-corrected chi connectivity index (χ0v) is 19.0. The van der Waals surface area contributed by atoms with Crippen molar-refractivity contribution in [1.82, 2.24) is 0 Å². The molecule has 2 N–H and O–H groups in total. The van der Waals surface area contributed by atoms with Crippen LogP contribution in [0, 0.1) is 6.92 Å². The van der Waals surface area contributed by atoms with E-state index in [4.69, 9.17) is 9.47 Å². The predicted octanol–water partition coefficient (Wildman–Crippen LogP) is 2.94. The lowest BCUT2D eigenvalue weighted by molar-refractivity contribution is 0.102. The van der Waals surface area contributed by atoms with Gasteiger partial charge in [-0.2, -0.15) is 0 Å². The average Bonchev–Trinajstić information content (AvgIpc) is 3.22. The smallest absolute Gasteiger partial charge is 0.255 e. The van der Waals surface area contributed by atoms with E-state index in [2.05, 4.69) is 15.6 Å². The second-order valence-corrected chi connectivity index (χ2v) is 10.8. The van der Waals surface area contributed by atoms with E-state index in [0.29, 0.717) is 27.9 Å². The summed E-state index contributed by atoms with van der Waals surface area (Å²) in [6.07, 6.45) is 0. The van der Waals surface area contributed by atoms with Gasteiger partial charge in [0.05, 0.1) is 37.5 Å². The van der Waals surface area contributed by atoms with Gasteiger partial charge in [-0.05, 0) is 36.8 Å². The molecule has 1 amide bonds. The zero-order valence-electron chi connectivity index (χ0n) is 17.3. The summed E-state index contributed by atoms with van der Waals surface area (Å²) >= 11 is 1.44. The number of nitrogens with zero attached hydrogens (tertiary/aromatic N) is 1. The van der Waals surface area contributed by atoms with Crippen molar-refractivity contribution in [3.63, 3.8) is 0 Å². The van der Waals surface area contributed by atoms with Crippen LogP contribution in [-0.2, 0) is 9.84 Å². The largest absolute Gasteiger partial charge is 0.497 e. The number of benzene rings is 2. The first-order valence-electron chi connectivity index (χ1n) is 9.64. The van der Waals surface area contributed by atoms with E-state index in [1.54, 1.807) is 37.4 Å². The molecular formula is C21H23N3O5S2. The van der Waals surface area contributed by atoms with Gasteiger partial charge in [0.25, 0.3) is 5.91 Å². The number of rotatable bonds is 5. The molecule has 0 saturated carbocycles. The highest BCUT2D eigenvalue weighted by molar-refractivity contribution is 8.15. The summed E-state index contributed by atoms with van der Waals surface area (Å²) < 4.78 is 34.0. The average molecular weight is 462 g/mol. The molecule has 1 fully saturated rings. The number of amidine groups is 1. The summed E-state index contributed by atoms with van der Waals surface area (Å²) in [6, 6.07) is 10.3. The molecule has 31 heavy (non-hydrogen) atoms. The summed E-state index contributed by atoms with van der Waals surface area (Å²) in [6.45, 7) is 1.93. The van der Waals surface area contributed by atoms with Crippen molar-refractivity contribution in [1.29, 1.82) is 0 Å². The number of sulfone groups is 1. The number of carbonyl (C=O) groups excluding carboxylic acids is 1. The molecule has 1 saturated heterocycles. The number of amides is 1. The van der Waals surface area contributed by atoms with Crippen molar-refractivity contribution in [3.05, 3.63) is 47.5 Å². The lowest BCUT2D eigenvalue weighted by Crippen LogP contribution is -2.15. The lowest BCUT2D eigenvalue weighted by atomic mass is 10.1. The van der Waals surface area contributed by atoms with Crippen molar-refractivity contribution >= 4 is 44.0 Å². The van der Waals surface area contributed by atoms with Gasteiger partial charge in [0.1, 0.15) is 11.5 Å². The molecule has 2 aromatic rings. The first-order chi connectivity index (χ1) is 14.8. The number of methoxy groups -OCH3 is 2. The van der Waals surface area contributed by atoms with Gasteiger partial charge in [-0.3, -0.25) is 9.79 Å². The highest BCUT2D eigenvalue weighted by Crippen LogP contribution is 2.35. The van der Waals surface area contributed by atoms with E-state index in [0.717, 1.165) is 11.3 Å². The maximum Gasteiger partial charge on any atom is 0.255 e. The number of hydrogen-bond donors (Lipinski definition) is 2. The van der Waals surface area contributed by atoms with Gasteiger partial charge < -0.3 is 20.1 Å². The molecule has 164 valence electrons. The third-order valence-electron chi connectivity index (χ3n) is 5.22. The first-order valence-corrected chi connectivity index (χ1v) is 12.3. The van der Waals surface area contributed by atoms with E-state index >= 15 is 0 Å². The minimum Gasteiger partial charge on any atom is -0.497 e. The Bertz CT molecular complexity index is 1160. The minimum absolute atomic E-state index is 0.0400. The summed E-state index contributed by atoms with van der Waals surface area (Å²) in [4.78, 5) is 17.4. The van der Waals surface area contributed by atoms with Gasteiger partial charge in [0.2, 0.25) is 0 Å². The third kappa shape index (κ3) is 4.64. The van der Waals surface area contributed by atoms with Crippen LogP contribution >= 0.6 is 11.8 Å². The van der Waals surface area contributed by atoms with Gasteiger partial charge in [0.15, 0.2) is 15.0 Å². The number of fused-ring (bicyclic) bond motifs is 1. The van der Waals surface area contributed by atoms with Crippen molar-refractivity contribution in [2.75, 3.05) is 36.4 Å². The third-order valence-corrected chi connectivity index (χ3v) is 8.36. The fourth-order valence-electron chi connectivity index (χ4n) is 3.53. The molecule has 2 heterocycles. The molecule has 0 aliphatic carbocycles. The Labute approximate surface area is 185 Å². The maximum atomic E-state index is 12.8. The number of nitrogens with one attached hydrogen (secondary N) is 2. The Morgan fingerprint density at radius 3 is 2.61 bits per heavy atom. The second kappa shape index (κ2) is 8.43. The quantitative estimate of drug-likeness (QED) is 0.705. The topological polar surface area (TPSA) is 106 Å². The van der Waals surface area contributed by atoms with Gasteiger partial charge in [-0.1, -0.05) is 17.8 Å². The van der Waals surface area contributed by atoms with E-state index in [1.807, 2.05) is 13.0 Å². The summed E-state index contributed by atoms with van der Waals surface area (Å²) in [5.74, 6) is 1.10. The van der Waals surface area contributed by atoms with Gasteiger partial charge >= 0.3 is 0 Å². The minimum atomic E-state index is -2.99. The standard InChI is InChI=1S/C21H23N3O5S2/c1-12-4-5-13(20(25)22-15-7-6-14(28-2)9-18(15)29-3)8-16(12)23-21-24-17-10-31(26,27)11-19(17)30-21/h4-9,17,19H,10-11H2,1-3H3,(H,22,25)(H,23,24). The van der Waals surface area contributed by atoms with Crippen LogP contribution in [0.1, 0.15) is 15.9 Å². The Kier molecular flexibility index (Phi) is 5.85. The fraction of sp³-hybridized carbons (Fsp3) is 0.333. The summed E-state index contributed by atoms with van der Waals surface area (Å²) in [5.41, 5.74) is 2.71. The highest BCUT2D eigenvalue weighted by Gasteiger charge is 2.42. The monoisotopic (exact) mass is 461 g/mol. The number of ether oxygens (including phenoxy) is 2. The number of thioether (sulfide) groups is 1. The number of hydrogen-bond acceptors (Lipinski definition) is 8. The first kappa shape index (κ1) is 21.5. The molecule has 10 heteroatoms. The second-order valence-electron chi connectivity index (χ2n) is 7.41. The molecule has 2 aliphatic heterocycles.